The van der Waals surface area contributed by atoms with E-state index in [2.05, 4.69) is 5.32 Å². The van der Waals surface area contributed by atoms with Crippen LogP contribution in [0.15, 0.2) is 24.3 Å². The molecule has 4 nitrogen and oxygen atoms in total. The lowest BCUT2D eigenvalue weighted by Crippen LogP contribution is -2.52. The van der Waals surface area contributed by atoms with Gasteiger partial charge in [-0.15, -0.1) is 0 Å². The highest BCUT2D eigenvalue weighted by molar-refractivity contribution is 5.65. The van der Waals surface area contributed by atoms with E-state index >= 15 is 0 Å². The van der Waals surface area contributed by atoms with Crippen LogP contribution in [0.3, 0.4) is 0 Å². The largest absolute Gasteiger partial charge is 0.465 e. The highest BCUT2D eigenvalue weighted by Crippen LogP contribution is 2.37. The van der Waals surface area contributed by atoms with Crippen molar-refractivity contribution in [1.29, 1.82) is 0 Å². The standard InChI is InChI=1S/C16H21F3N2O2/c1-21(2)14-9-11(6-7-13(14)20-15(22)23)10-4-3-5-12(8-10)16(17,18)19/h3-5,8,11,13-14,20H,6-7,9H2,1-2H3,(H,22,23)/t11-,13-,14-/m0/s1. The molecule has 7 heteroatoms. The Bertz CT molecular complexity index is 561. The van der Waals surface area contributed by atoms with Crippen molar-refractivity contribution in [2.45, 2.75) is 43.4 Å². The van der Waals surface area contributed by atoms with Gasteiger partial charge in [0.1, 0.15) is 0 Å². The number of amides is 1. The highest BCUT2D eigenvalue weighted by atomic mass is 19.4. The van der Waals surface area contributed by atoms with Crippen LogP contribution in [0.1, 0.15) is 36.3 Å². The molecule has 1 amide bonds. The van der Waals surface area contributed by atoms with Crippen LogP contribution in [0.25, 0.3) is 0 Å². The van der Waals surface area contributed by atoms with Crippen molar-refractivity contribution in [3.05, 3.63) is 35.4 Å². The first-order valence-electron chi connectivity index (χ1n) is 7.51. The van der Waals surface area contributed by atoms with Crippen molar-refractivity contribution >= 4 is 6.09 Å². The van der Waals surface area contributed by atoms with Gasteiger partial charge in [-0.25, -0.2) is 4.79 Å². The van der Waals surface area contributed by atoms with E-state index in [1.54, 1.807) is 6.07 Å². The summed E-state index contributed by atoms with van der Waals surface area (Å²) in [5.41, 5.74) is 0.0302. The summed E-state index contributed by atoms with van der Waals surface area (Å²) in [6, 6.07) is 5.19. The molecule has 0 bridgehead atoms. The Balaban J connectivity index is 2.18. The molecule has 0 radical (unpaired) electrons. The van der Waals surface area contributed by atoms with Gasteiger partial charge >= 0.3 is 12.3 Å². The molecule has 1 aromatic carbocycles. The molecule has 1 aliphatic rings. The smallest absolute Gasteiger partial charge is 0.416 e. The molecule has 3 atom stereocenters. The number of carbonyl (C=O) groups is 1. The minimum Gasteiger partial charge on any atom is -0.465 e. The Hall–Kier alpha value is -1.76. The summed E-state index contributed by atoms with van der Waals surface area (Å²) in [5, 5.41) is 11.4. The van der Waals surface area contributed by atoms with Crippen LogP contribution in [-0.2, 0) is 6.18 Å². The van der Waals surface area contributed by atoms with E-state index in [0.717, 1.165) is 6.07 Å². The number of carboxylic acid groups (broad SMARTS) is 1. The zero-order chi connectivity index (χ0) is 17.2. The van der Waals surface area contributed by atoms with Gasteiger partial charge in [-0.1, -0.05) is 18.2 Å². The Labute approximate surface area is 133 Å². The molecule has 0 unspecified atom stereocenters. The molecular formula is C16H21F3N2O2. The van der Waals surface area contributed by atoms with Crippen molar-refractivity contribution < 1.29 is 23.1 Å². The molecule has 0 spiro atoms. The predicted octanol–water partition coefficient (Wildman–Crippen LogP) is 3.54. The molecule has 1 aliphatic carbocycles. The number of likely N-dealkylation sites (N-methyl/N-ethyl adjacent to an activating group) is 1. The molecule has 0 aromatic heterocycles. The second-order valence-electron chi connectivity index (χ2n) is 6.22. The average Bonchev–Trinajstić information content (AvgIpc) is 2.46. The lowest BCUT2D eigenvalue weighted by molar-refractivity contribution is -0.137. The first-order chi connectivity index (χ1) is 10.7. The molecule has 0 aliphatic heterocycles. The molecule has 23 heavy (non-hydrogen) atoms. The Kier molecular flexibility index (Phi) is 5.19. The molecular weight excluding hydrogens is 309 g/mol. The summed E-state index contributed by atoms with van der Waals surface area (Å²) in [6.45, 7) is 0. The van der Waals surface area contributed by atoms with E-state index in [0.29, 0.717) is 24.8 Å². The third-order valence-electron chi connectivity index (χ3n) is 4.47. The van der Waals surface area contributed by atoms with Gasteiger partial charge in [0.05, 0.1) is 5.56 Å². The SMILES string of the molecule is CN(C)[C@H]1C[C@@H](c2cccc(C(F)(F)F)c2)CC[C@@H]1NC(=O)O. The second-order valence-corrected chi connectivity index (χ2v) is 6.22. The quantitative estimate of drug-likeness (QED) is 0.891. The molecule has 128 valence electrons. The predicted molar refractivity (Wildman–Crippen MR) is 80.5 cm³/mol. The van der Waals surface area contributed by atoms with Gasteiger partial charge in [-0.3, -0.25) is 0 Å². The van der Waals surface area contributed by atoms with E-state index in [4.69, 9.17) is 5.11 Å². The number of benzene rings is 1. The topological polar surface area (TPSA) is 52.6 Å². The monoisotopic (exact) mass is 330 g/mol. The molecule has 2 rings (SSSR count). The van der Waals surface area contributed by atoms with Gasteiger partial charge in [-0.05, 0) is 50.9 Å². The fourth-order valence-corrected chi connectivity index (χ4v) is 3.32. The summed E-state index contributed by atoms with van der Waals surface area (Å²) >= 11 is 0. The number of hydrogen-bond donors (Lipinski definition) is 2. The fourth-order valence-electron chi connectivity index (χ4n) is 3.32. The zero-order valence-corrected chi connectivity index (χ0v) is 13.1. The van der Waals surface area contributed by atoms with E-state index in [1.165, 1.54) is 12.1 Å². The second kappa shape index (κ2) is 6.78. The zero-order valence-electron chi connectivity index (χ0n) is 13.1. The summed E-state index contributed by atoms with van der Waals surface area (Å²) in [6.07, 6.45) is -3.52. The number of alkyl halides is 3. The summed E-state index contributed by atoms with van der Waals surface area (Å²) in [7, 11) is 3.71. The first-order valence-corrected chi connectivity index (χ1v) is 7.51. The van der Waals surface area contributed by atoms with Gasteiger partial charge in [0.15, 0.2) is 0 Å². The van der Waals surface area contributed by atoms with E-state index in [1.807, 2.05) is 19.0 Å². The van der Waals surface area contributed by atoms with Gasteiger partial charge < -0.3 is 15.3 Å². The van der Waals surface area contributed by atoms with Gasteiger partial charge in [0.25, 0.3) is 0 Å². The minimum absolute atomic E-state index is 0.00320. The minimum atomic E-state index is -4.35. The maximum atomic E-state index is 12.9. The van der Waals surface area contributed by atoms with Crippen LogP contribution < -0.4 is 5.32 Å². The average molecular weight is 330 g/mol. The normalized spacial score (nSPS) is 25.4. The van der Waals surface area contributed by atoms with Crippen molar-refractivity contribution in [2.75, 3.05) is 14.1 Å². The molecule has 0 saturated heterocycles. The van der Waals surface area contributed by atoms with Crippen LogP contribution >= 0.6 is 0 Å². The Morgan fingerprint density at radius 2 is 2.00 bits per heavy atom. The van der Waals surface area contributed by atoms with E-state index in [-0.39, 0.29) is 18.0 Å². The van der Waals surface area contributed by atoms with Gasteiger partial charge in [0, 0.05) is 12.1 Å². The van der Waals surface area contributed by atoms with Crippen molar-refractivity contribution in [3.8, 4) is 0 Å². The summed E-state index contributed by atoms with van der Waals surface area (Å²) in [4.78, 5) is 12.8. The molecule has 0 heterocycles. The lowest BCUT2D eigenvalue weighted by Gasteiger charge is -2.40. The first kappa shape index (κ1) is 17.6. The summed E-state index contributed by atoms with van der Waals surface area (Å²) in [5.74, 6) is -0.00320. The van der Waals surface area contributed by atoms with Crippen LogP contribution in [0, 0.1) is 0 Å². The number of nitrogens with zero attached hydrogens (tertiary/aromatic N) is 1. The Morgan fingerprint density at radius 3 is 2.57 bits per heavy atom. The number of hydrogen-bond acceptors (Lipinski definition) is 2. The van der Waals surface area contributed by atoms with Gasteiger partial charge in [0.2, 0.25) is 0 Å². The van der Waals surface area contributed by atoms with E-state index in [9.17, 15) is 18.0 Å². The van der Waals surface area contributed by atoms with Crippen molar-refractivity contribution in [3.63, 3.8) is 0 Å². The fraction of sp³-hybridized carbons (Fsp3) is 0.562. The number of rotatable bonds is 3. The number of nitrogens with one attached hydrogen (secondary N) is 1. The van der Waals surface area contributed by atoms with Crippen molar-refractivity contribution in [2.24, 2.45) is 0 Å². The lowest BCUT2D eigenvalue weighted by atomic mass is 9.78. The van der Waals surface area contributed by atoms with Crippen LogP contribution in [0.5, 0.6) is 0 Å². The van der Waals surface area contributed by atoms with Crippen LogP contribution in [-0.4, -0.2) is 42.3 Å². The van der Waals surface area contributed by atoms with Crippen LogP contribution in [0.2, 0.25) is 0 Å². The van der Waals surface area contributed by atoms with Crippen LogP contribution in [0.4, 0.5) is 18.0 Å². The molecule has 2 N–H and O–H groups in total. The van der Waals surface area contributed by atoms with Crippen molar-refractivity contribution in [1.82, 2.24) is 10.2 Å². The maximum absolute atomic E-state index is 12.9. The van der Waals surface area contributed by atoms with E-state index < -0.39 is 17.8 Å². The number of halogens is 3. The summed E-state index contributed by atoms with van der Waals surface area (Å²) < 4.78 is 38.6. The van der Waals surface area contributed by atoms with Gasteiger partial charge in [-0.2, -0.15) is 13.2 Å². The third kappa shape index (κ3) is 4.37. The molecule has 1 aromatic rings. The third-order valence-corrected chi connectivity index (χ3v) is 4.47. The Morgan fingerprint density at radius 1 is 1.30 bits per heavy atom. The maximum Gasteiger partial charge on any atom is 0.416 e. The molecule has 1 fully saturated rings. The highest BCUT2D eigenvalue weighted by Gasteiger charge is 2.35. The molecule has 1 saturated carbocycles.